The summed E-state index contributed by atoms with van der Waals surface area (Å²) in [6.07, 6.45) is 3.29. The summed E-state index contributed by atoms with van der Waals surface area (Å²) in [5.41, 5.74) is 2.47. The Morgan fingerprint density at radius 2 is 1.86 bits per heavy atom. The molecule has 1 atom stereocenters. The van der Waals surface area contributed by atoms with Crippen LogP contribution in [0.2, 0.25) is 5.02 Å². The van der Waals surface area contributed by atoms with Crippen LogP contribution in [0, 0.1) is 0 Å². The average Bonchev–Trinajstić information content (AvgIpc) is 2.71. The lowest BCUT2D eigenvalue weighted by Gasteiger charge is -2.34. The van der Waals surface area contributed by atoms with Crippen molar-refractivity contribution in [3.8, 4) is 11.3 Å². The van der Waals surface area contributed by atoms with E-state index in [4.69, 9.17) is 21.3 Å². The van der Waals surface area contributed by atoms with Gasteiger partial charge < -0.3 is 9.64 Å². The van der Waals surface area contributed by atoms with Gasteiger partial charge in [-0.3, -0.25) is 14.3 Å². The van der Waals surface area contributed by atoms with Crippen molar-refractivity contribution in [2.45, 2.75) is 6.10 Å². The Kier molecular flexibility index (Phi) is 6.34. The van der Waals surface area contributed by atoms with Gasteiger partial charge in [0.05, 0.1) is 18.8 Å². The van der Waals surface area contributed by atoms with Crippen molar-refractivity contribution in [3.05, 3.63) is 75.8 Å². The zero-order valence-electron chi connectivity index (χ0n) is 15.3. The van der Waals surface area contributed by atoms with Crippen LogP contribution >= 0.6 is 24.0 Å². The second-order valence-corrected chi connectivity index (χ2v) is 6.87. The number of halogens is 2. The van der Waals surface area contributed by atoms with Crippen molar-refractivity contribution in [3.63, 3.8) is 0 Å². The van der Waals surface area contributed by atoms with Crippen molar-refractivity contribution in [1.82, 2.24) is 14.5 Å². The van der Waals surface area contributed by atoms with E-state index in [-0.39, 0.29) is 24.1 Å². The lowest BCUT2D eigenvalue weighted by Crippen LogP contribution is -2.41. The van der Waals surface area contributed by atoms with E-state index in [2.05, 4.69) is 9.88 Å². The maximum Gasteiger partial charge on any atom is 0.255 e. The first-order valence-electron chi connectivity index (χ1n) is 8.72. The predicted molar refractivity (Wildman–Crippen MR) is 112 cm³/mol. The Morgan fingerprint density at radius 1 is 1.14 bits per heavy atom. The molecular formula is C20H20Cl2N4O2. The number of hydrogen-bond acceptors (Lipinski definition) is 5. The third-order valence-electron chi connectivity index (χ3n) is 4.68. The molecule has 0 saturated carbocycles. The molecule has 3 heterocycles. The van der Waals surface area contributed by atoms with Crippen LogP contribution in [0.25, 0.3) is 11.3 Å². The fourth-order valence-corrected chi connectivity index (χ4v) is 3.32. The van der Waals surface area contributed by atoms with Crippen molar-refractivity contribution >= 4 is 30.0 Å². The van der Waals surface area contributed by atoms with Crippen molar-refractivity contribution in [2.75, 3.05) is 24.6 Å². The van der Waals surface area contributed by atoms with Gasteiger partial charge in [0.1, 0.15) is 6.10 Å². The van der Waals surface area contributed by atoms with Crippen molar-refractivity contribution in [2.24, 2.45) is 7.05 Å². The van der Waals surface area contributed by atoms with E-state index < -0.39 is 0 Å². The maximum absolute atomic E-state index is 12.5. The zero-order valence-corrected chi connectivity index (χ0v) is 16.9. The Hall–Kier alpha value is -2.41. The Labute approximate surface area is 174 Å². The molecule has 2 aromatic heterocycles. The van der Waals surface area contributed by atoms with Gasteiger partial charge in [-0.2, -0.15) is 0 Å². The molecule has 0 spiro atoms. The normalized spacial score (nSPS) is 16.5. The Bertz CT molecular complexity index is 993. The molecule has 28 heavy (non-hydrogen) atoms. The van der Waals surface area contributed by atoms with Crippen molar-refractivity contribution < 1.29 is 4.74 Å². The highest BCUT2D eigenvalue weighted by Gasteiger charge is 2.25. The van der Waals surface area contributed by atoms with Crippen LogP contribution in [0.15, 0.2) is 59.7 Å². The average molecular weight is 419 g/mol. The van der Waals surface area contributed by atoms with Gasteiger partial charge in [0, 0.05) is 42.6 Å². The van der Waals surface area contributed by atoms with Gasteiger partial charge >= 0.3 is 0 Å². The quantitative estimate of drug-likeness (QED) is 0.651. The summed E-state index contributed by atoms with van der Waals surface area (Å²) in [5.74, 6) is 0.636. The molecule has 1 aliphatic rings. The van der Waals surface area contributed by atoms with Gasteiger partial charge in [0.2, 0.25) is 5.95 Å². The molecule has 4 rings (SSSR count). The molecule has 0 N–H and O–H groups in total. The van der Waals surface area contributed by atoms with Gasteiger partial charge in [-0.25, -0.2) is 4.98 Å². The van der Waals surface area contributed by atoms with E-state index in [9.17, 15) is 4.79 Å². The molecule has 1 saturated heterocycles. The first-order valence-corrected chi connectivity index (χ1v) is 9.10. The standard InChI is InChI=1S/C20H19ClN4O2.ClH/c1-24-19(26)12-17(14-6-8-22-9-7-14)23-20(24)25-10-11-27-18(13-25)15-2-4-16(21)5-3-15;/h2-9,12,18H,10-11,13H2,1H3;1H/t18-;/m0./s1. The van der Waals surface area contributed by atoms with Gasteiger partial charge in [0.15, 0.2) is 0 Å². The molecular weight excluding hydrogens is 399 g/mol. The summed E-state index contributed by atoms with van der Waals surface area (Å²) in [6, 6.07) is 12.9. The Balaban J connectivity index is 0.00000225. The number of pyridine rings is 1. The molecule has 0 amide bonds. The molecule has 1 aromatic carbocycles. The molecule has 0 aliphatic carbocycles. The third-order valence-corrected chi connectivity index (χ3v) is 4.93. The summed E-state index contributed by atoms with van der Waals surface area (Å²) in [4.78, 5) is 23.4. The van der Waals surface area contributed by atoms with E-state index in [0.29, 0.717) is 36.4 Å². The molecule has 6 nitrogen and oxygen atoms in total. The van der Waals surface area contributed by atoms with E-state index in [1.807, 2.05) is 36.4 Å². The molecule has 1 fully saturated rings. The van der Waals surface area contributed by atoms with Crippen LogP contribution in [0.1, 0.15) is 11.7 Å². The minimum absolute atomic E-state index is 0. The molecule has 146 valence electrons. The summed E-state index contributed by atoms with van der Waals surface area (Å²) < 4.78 is 7.51. The lowest BCUT2D eigenvalue weighted by atomic mass is 10.1. The lowest BCUT2D eigenvalue weighted by molar-refractivity contribution is 0.0390. The number of rotatable bonds is 3. The van der Waals surface area contributed by atoms with Crippen LogP contribution in [-0.4, -0.2) is 34.2 Å². The first-order chi connectivity index (χ1) is 13.1. The largest absolute Gasteiger partial charge is 0.370 e. The predicted octanol–water partition coefficient (Wildman–Crippen LogP) is 3.50. The highest BCUT2D eigenvalue weighted by molar-refractivity contribution is 6.30. The monoisotopic (exact) mass is 418 g/mol. The summed E-state index contributed by atoms with van der Waals surface area (Å²) in [7, 11) is 1.74. The van der Waals surface area contributed by atoms with Crippen LogP contribution < -0.4 is 10.5 Å². The molecule has 0 bridgehead atoms. The van der Waals surface area contributed by atoms with E-state index in [1.165, 1.54) is 0 Å². The molecule has 3 aromatic rings. The molecule has 0 radical (unpaired) electrons. The fourth-order valence-electron chi connectivity index (χ4n) is 3.19. The number of morpholine rings is 1. The topological polar surface area (TPSA) is 60.2 Å². The van der Waals surface area contributed by atoms with Crippen LogP contribution in [0.5, 0.6) is 0 Å². The van der Waals surface area contributed by atoms with Gasteiger partial charge in [-0.05, 0) is 29.8 Å². The van der Waals surface area contributed by atoms with Gasteiger partial charge in [-0.1, -0.05) is 23.7 Å². The highest BCUT2D eigenvalue weighted by atomic mass is 35.5. The van der Waals surface area contributed by atoms with Crippen LogP contribution in [0.4, 0.5) is 5.95 Å². The summed E-state index contributed by atoms with van der Waals surface area (Å²) in [6.45, 7) is 1.84. The molecule has 0 unspecified atom stereocenters. The highest BCUT2D eigenvalue weighted by Crippen LogP contribution is 2.26. The van der Waals surface area contributed by atoms with E-state index >= 15 is 0 Å². The van der Waals surface area contributed by atoms with Gasteiger partial charge in [-0.15, -0.1) is 12.4 Å². The SMILES string of the molecule is Cl.Cn1c(N2CCO[C@H](c3ccc(Cl)cc3)C2)nc(-c2ccncc2)cc1=O. The first kappa shape index (κ1) is 20.3. The van der Waals surface area contributed by atoms with E-state index in [0.717, 1.165) is 11.1 Å². The van der Waals surface area contributed by atoms with E-state index in [1.54, 1.807) is 30.1 Å². The van der Waals surface area contributed by atoms with Crippen LogP contribution in [0.3, 0.4) is 0 Å². The van der Waals surface area contributed by atoms with Gasteiger partial charge in [0.25, 0.3) is 5.56 Å². The Morgan fingerprint density at radius 3 is 2.57 bits per heavy atom. The molecule has 1 aliphatic heterocycles. The van der Waals surface area contributed by atoms with Crippen LogP contribution in [-0.2, 0) is 11.8 Å². The second kappa shape index (κ2) is 8.73. The number of hydrogen-bond donors (Lipinski definition) is 0. The summed E-state index contributed by atoms with van der Waals surface area (Å²) in [5, 5.41) is 0.695. The third kappa shape index (κ3) is 4.19. The number of ether oxygens (including phenoxy) is 1. The second-order valence-electron chi connectivity index (χ2n) is 6.43. The zero-order chi connectivity index (χ0) is 18.8. The summed E-state index contributed by atoms with van der Waals surface area (Å²) >= 11 is 5.99. The van der Waals surface area contributed by atoms with Crippen molar-refractivity contribution in [1.29, 1.82) is 0 Å². The molecule has 8 heteroatoms. The number of nitrogens with zero attached hydrogens (tertiary/aromatic N) is 4. The smallest absolute Gasteiger partial charge is 0.255 e. The number of benzene rings is 1. The minimum Gasteiger partial charge on any atom is -0.370 e. The number of anilines is 1. The minimum atomic E-state index is -0.0995. The fraction of sp³-hybridized carbons (Fsp3) is 0.250. The number of aromatic nitrogens is 3. The maximum atomic E-state index is 12.5.